The number of benzene rings is 2. The quantitative estimate of drug-likeness (QED) is 0.634. The van der Waals surface area contributed by atoms with Crippen molar-refractivity contribution in [1.82, 2.24) is 4.57 Å². The lowest BCUT2D eigenvalue weighted by Crippen LogP contribution is -1.98. The third-order valence-corrected chi connectivity index (χ3v) is 3.72. The Morgan fingerprint density at radius 3 is 2.70 bits per heavy atom. The van der Waals surface area contributed by atoms with E-state index in [4.69, 9.17) is 5.26 Å². The fourth-order valence-corrected chi connectivity index (χ4v) is 2.71. The van der Waals surface area contributed by atoms with Crippen LogP contribution in [0.25, 0.3) is 21.8 Å². The molecule has 0 spiro atoms. The average molecular weight is 260 g/mol. The van der Waals surface area contributed by atoms with E-state index < -0.39 is 0 Å². The maximum atomic E-state index is 8.87. The minimum atomic E-state index is 0.628. The Morgan fingerprint density at radius 2 is 1.90 bits per heavy atom. The highest BCUT2D eigenvalue weighted by molar-refractivity contribution is 6.08. The zero-order chi connectivity index (χ0) is 14.1. The largest absolute Gasteiger partial charge is 0.340 e. The Balaban J connectivity index is 2.22. The van der Waals surface area contributed by atoms with E-state index in [1.54, 1.807) is 0 Å². The van der Waals surface area contributed by atoms with E-state index >= 15 is 0 Å². The summed E-state index contributed by atoms with van der Waals surface area (Å²) < 4.78 is 2.28. The predicted octanol–water partition coefficient (Wildman–Crippen LogP) is 4.57. The summed E-state index contributed by atoms with van der Waals surface area (Å²) in [6.45, 7) is 6.68. The lowest BCUT2D eigenvalue weighted by Gasteiger charge is -2.06. The number of aromatic nitrogens is 1. The maximum Gasteiger partial charge on any atom is 0.0941 e. The molecule has 0 fully saturated rings. The first-order chi connectivity index (χ1) is 9.70. The van der Waals surface area contributed by atoms with Crippen LogP contribution in [0.4, 0.5) is 0 Å². The number of hydrogen-bond donors (Lipinski definition) is 0. The topological polar surface area (TPSA) is 28.7 Å². The van der Waals surface area contributed by atoms with Crippen LogP contribution in [0.15, 0.2) is 54.6 Å². The van der Waals surface area contributed by atoms with Crippen molar-refractivity contribution in [2.75, 3.05) is 0 Å². The lowest BCUT2D eigenvalue weighted by atomic mass is 10.1. The molecule has 0 aliphatic carbocycles. The Kier molecular flexibility index (Phi) is 3.04. The molecule has 0 aliphatic rings. The van der Waals surface area contributed by atoms with Crippen LogP contribution in [0.1, 0.15) is 12.0 Å². The molecule has 3 aromatic rings. The fourth-order valence-electron chi connectivity index (χ4n) is 2.71. The molecule has 0 bridgehead atoms. The van der Waals surface area contributed by atoms with Gasteiger partial charge in [-0.3, -0.25) is 0 Å². The maximum absolute atomic E-state index is 8.87. The molecule has 0 aliphatic heterocycles. The standard InChI is InChI=1S/C18H16N2/c1-13-7-8-18-16(11-13)15-5-3-4-6-17(15)20(18)10-9-14(2)12-19/h3-8,11H,2,9-10H2,1H3. The fraction of sp³-hybridized carbons (Fsp3) is 0.167. The summed E-state index contributed by atoms with van der Waals surface area (Å²) in [5.41, 5.74) is 4.34. The molecule has 0 radical (unpaired) electrons. The van der Waals surface area contributed by atoms with Crippen molar-refractivity contribution in [2.24, 2.45) is 0 Å². The van der Waals surface area contributed by atoms with E-state index in [0.717, 1.165) is 6.54 Å². The molecule has 2 heteroatoms. The summed E-state index contributed by atoms with van der Waals surface area (Å²) in [6, 6.07) is 17.1. The summed E-state index contributed by atoms with van der Waals surface area (Å²) in [6.07, 6.45) is 0.693. The highest BCUT2D eigenvalue weighted by Crippen LogP contribution is 2.30. The van der Waals surface area contributed by atoms with Crippen molar-refractivity contribution in [3.8, 4) is 6.07 Å². The molecular weight excluding hydrogens is 244 g/mol. The highest BCUT2D eigenvalue weighted by Gasteiger charge is 2.10. The lowest BCUT2D eigenvalue weighted by molar-refractivity contribution is 0.750. The van der Waals surface area contributed by atoms with Gasteiger partial charge in [0.25, 0.3) is 0 Å². The van der Waals surface area contributed by atoms with E-state index in [1.165, 1.54) is 27.4 Å². The zero-order valence-corrected chi connectivity index (χ0v) is 11.6. The van der Waals surface area contributed by atoms with Gasteiger partial charge in [0.1, 0.15) is 0 Å². The molecular formula is C18H16N2. The van der Waals surface area contributed by atoms with Gasteiger partial charge in [0.05, 0.1) is 6.07 Å². The van der Waals surface area contributed by atoms with Crippen molar-refractivity contribution in [3.05, 3.63) is 60.2 Å². The first kappa shape index (κ1) is 12.5. The van der Waals surface area contributed by atoms with E-state index in [1.807, 2.05) is 0 Å². The number of aryl methyl sites for hydroxylation is 2. The first-order valence-electron chi connectivity index (χ1n) is 6.76. The molecule has 0 N–H and O–H groups in total. The van der Waals surface area contributed by atoms with Gasteiger partial charge in [-0.1, -0.05) is 36.4 Å². The van der Waals surface area contributed by atoms with Gasteiger partial charge in [-0.25, -0.2) is 0 Å². The number of allylic oxidation sites excluding steroid dienone is 1. The Bertz CT molecular complexity index is 847. The summed E-state index contributed by atoms with van der Waals surface area (Å²) in [5.74, 6) is 0. The van der Waals surface area contributed by atoms with Crippen LogP contribution in [-0.2, 0) is 6.54 Å². The second kappa shape index (κ2) is 4.86. The van der Waals surface area contributed by atoms with Crippen LogP contribution in [0, 0.1) is 18.3 Å². The summed E-state index contributed by atoms with van der Waals surface area (Å²) in [7, 11) is 0. The number of rotatable bonds is 3. The van der Waals surface area contributed by atoms with E-state index in [9.17, 15) is 0 Å². The SMILES string of the molecule is C=C(C#N)CCn1c2ccccc2c2cc(C)ccc21. The zero-order valence-electron chi connectivity index (χ0n) is 11.6. The Labute approximate surface area is 118 Å². The van der Waals surface area contributed by atoms with Crippen molar-refractivity contribution in [1.29, 1.82) is 5.26 Å². The number of hydrogen-bond acceptors (Lipinski definition) is 1. The van der Waals surface area contributed by atoms with Gasteiger partial charge in [0.2, 0.25) is 0 Å². The Hall–Kier alpha value is -2.53. The van der Waals surface area contributed by atoms with Crippen molar-refractivity contribution >= 4 is 21.8 Å². The molecule has 1 heterocycles. The molecule has 2 aromatic carbocycles. The van der Waals surface area contributed by atoms with Gasteiger partial charge in [-0.15, -0.1) is 0 Å². The number of nitrogens with zero attached hydrogens (tertiary/aromatic N) is 2. The van der Waals surface area contributed by atoms with Gasteiger partial charge in [0, 0.05) is 33.9 Å². The minimum Gasteiger partial charge on any atom is -0.340 e. The number of fused-ring (bicyclic) bond motifs is 3. The number of nitriles is 1. The molecule has 0 saturated heterocycles. The molecule has 20 heavy (non-hydrogen) atoms. The smallest absolute Gasteiger partial charge is 0.0941 e. The van der Waals surface area contributed by atoms with Gasteiger partial charge in [0.15, 0.2) is 0 Å². The number of para-hydroxylation sites is 1. The van der Waals surface area contributed by atoms with Crippen molar-refractivity contribution in [3.63, 3.8) is 0 Å². The van der Waals surface area contributed by atoms with Gasteiger partial charge < -0.3 is 4.57 Å². The second-order valence-corrected chi connectivity index (χ2v) is 5.15. The molecule has 0 unspecified atom stereocenters. The third kappa shape index (κ3) is 1.98. The monoisotopic (exact) mass is 260 g/mol. The average Bonchev–Trinajstić information content (AvgIpc) is 2.78. The normalized spacial score (nSPS) is 10.8. The first-order valence-corrected chi connectivity index (χ1v) is 6.76. The second-order valence-electron chi connectivity index (χ2n) is 5.15. The third-order valence-electron chi connectivity index (χ3n) is 3.72. The Morgan fingerprint density at radius 1 is 1.15 bits per heavy atom. The van der Waals surface area contributed by atoms with Gasteiger partial charge in [-0.2, -0.15) is 5.26 Å². The van der Waals surface area contributed by atoms with Gasteiger partial charge in [-0.05, 0) is 31.5 Å². The predicted molar refractivity (Wildman–Crippen MR) is 83.6 cm³/mol. The molecule has 1 aromatic heterocycles. The van der Waals surface area contributed by atoms with Crippen LogP contribution in [0.2, 0.25) is 0 Å². The molecule has 0 atom stereocenters. The van der Waals surface area contributed by atoms with Crippen LogP contribution in [0.5, 0.6) is 0 Å². The van der Waals surface area contributed by atoms with E-state index in [-0.39, 0.29) is 0 Å². The molecule has 0 saturated carbocycles. The molecule has 3 rings (SSSR count). The van der Waals surface area contributed by atoms with Crippen molar-refractivity contribution in [2.45, 2.75) is 19.9 Å². The summed E-state index contributed by atoms with van der Waals surface area (Å²) >= 11 is 0. The van der Waals surface area contributed by atoms with Gasteiger partial charge >= 0.3 is 0 Å². The van der Waals surface area contributed by atoms with Crippen LogP contribution in [0.3, 0.4) is 0 Å². The van der Waals surface area contributed by atoms with Crippen LogP contribution in [-0.4, -0.2) is 4.57 Å². The van der Waals surface area contributed by atoms with Crippen LogP contribution >= 0.6 is 0 Å². The molecule has 2 nitrogen and oxygen atoms in total. The van der Waals surface area contributed by atoms with E-state index in [2.05, 4.69) is 66.6 Å². The molecule has 98 valence electrons. The summed E-state index contributed by atoms with van der Waals surface area (Å²) in [5, 5.41) is 11.4. The minimum absolute atomic E-state index is 0.628. The van der Waals surface area contributed by atoms with Crippen LogP contribution < -0.4 is 0 Å². The van der Waals surface area contributed by atoms with E-state index in [0.29, 0.717) is 12.0 Å². The summed E-state index contributed by atoms with van der Waals surface area (Å²) in [4.78, 5) is 0. The molecule has 0 amide bonds. The van der Waals surface area contributed by atoms with Crippen molar-refractivity contribution < 1.29 is 0 Å². The highest BCUT2D eigenvalue weighted by atomic mass is 15.0.